The first-order chi connectivity index (χ1) is 8.92. The number of aliphatic carboxylic acids is 2. The molecule has 1 amide bonds. The lowest BCUT2D eigenvalue weighted by Crippen LogP contribution is -2.21. The zero-order valence-electron chi connectivity index (χ0n) is 9.92. The SMILES string of the molecule is O=C(O)Cc1ccc(CC(=O)NO)c(CC(=O)O)c1. The summed E-state index contributed by atoms with van der Waals surface area (Å²) in [6, 6.07) is 4.45. The van der Waals surface area contributed by atoms with Crippen molar-refractivity contribution in [2.24, 2.45) is 0 Å². The highest BCUT2D eigenvalue weighted by molar-refractivity contribution is 5.79. The maximum Gasteiger partial charge on any atom is 0.307 e. The van der Waals surface area contributed by atoms with Gasteiger partial charge in [0.15, 0.2) is 0 Å². The summed E-state index contributed by atoms with van der Waals surface area (Å²) in [4.78, 5) is 32.4. The van der Waals surface area contributed by atoms with E-state index in [-0.39, 0.29) is 19.3 Å². The zero-order valence-corrected chi connectivity index (χ0v) is 9.92. The average Bonchev–Trinajstić information content (AvgIpc) is 2.30. The first-order valence-electron chi connectivity index (χ1n) is 5.39. The van der Waals surface area contributed by atoms with E-state index in [9.17, 15) is 14.4 Å². The van der Waals surface area contributed by atoms with E-state index < -0.39 is 17.8 Å². The number of carbonyl (C=O) groups is 3. The van der Waals surface area contributed by atoms with Gasteiger partial charge < -0.3 is 10.2 Å². The van der Waals surface area contributed by atoms with Crippen molar-refractivity contribution in [1.82, 2.24) is 5.48 Å². The summed E-state index contributed by atoms with van der Waals surface area (Å²) in [5.74, 6) is -2.78. The molecule has 1 rings (SSSR count). The Morgan fingerprint density at radius 3 is 2.11 bits per heavy atom. The predicted octanol–water partition coefficient (Wildman–Crippen LogP) is -0.0113. The van der Waals surface area contributed by atoms with Crippen LogP contribution in [0.4, 0.5) is 0 Å². The molecule has 0 unspecified atom stereocenters. The largest absolute Gasteiger partial charge is 0.481 e. The number of amides is 1. The molecule has 0 saturated carbocycles. The normalized spacial score (nSPS) is 9.95. The monoisotopic (exact) mass is 267 g/mol. The highest BCUT2D eigenvalue weighted by Crippen LogP contribution is 2.15. The molecule has 0 spiro atoms. The van der Waals surface area contributed by atoms with Crippen molar-refractivity contribution in [2.45, 2.75) is 19.3 Å². The van der Waals surface area contributed by atoms with Crippen LogP contribution in [-0.4, -0.2) is 33.3 Å². The minimum Gasteiger partial charge on any atom is -0.481 e. The minimum atomic E-state index is -1.09. The second-order valence-corrected chi connectivity index (χ2v) is 3.96. The van der Waals surface area contributed by atoms with Crippen molar-refractivity contribution in [2.75, 3.05) is 0 Å². The molecule has 0 heterocycles. The van der Waals surface area contributed by atoms with Gasteiger partial charge in [-0.1, -0.05) is 18.2 Å². The van der Waals surface area contributed by atoms with Gasteiger partial charge in [-0.3, -0.25) is 19.6 Å². The third-order valence-electron chi connectivity index (χ3n) is 2.44. The van der Waals surface area contributed by atoms with E-state index in [1.165, 1.54) is 23.7 Å². The van der Waals surface area contributed by atoms with Gasteiger partial charge in [-0.05, 0) is 16.7 Å². The lowest BCUT2D eigenvalue weighted by molar-refractivity contribution is -0.137. The molecule has 0 fully saturated rings. The second-order valence-electron chi connectivity index (χ2n) is 3.96. The summed E-state index contributed by atoms with van der Waals surface area (Å²) in [5, 5.41) is 25.9. The molecule has 0 bridgehead atoms. The summed E-state index contributed by atoms with van der Waals surface area (Å²) < 4.78 is 0. The van der Waals surface area contributed by atoms with Crippen molar-refractivity contribution in [1.29, 1.82) is 0 Å². The van der Waals surface area contributed by atoms with Crippen LogP contribution >= 0.6 is 0 Å². The molecule has 0 radical (unpaired) electrons. The van der Waals surface area contributed by atoms with Crippen LogP contribution < -0.4 is 5.48 Å². The summed E-state index contributed by atoms with van der Waals surface area (Å²) in [7, 11) is 0. The third-order valence-corrected chi connectivity index (χ3v) is 2.44. The fourth-order valence-electron chi connectivity index (χ4n) is 1.68. The fraction of sp³-hybridized carbons (Fsp3) is 0.250. The van der Waals surface area contributed by atoms with Gasteiger partial charge in [-0.25, -0.2) is 5.48 Å². The topological polar surface area (TPSA) is 124 Å². The summed E-state index contributed by atoms with van der Waals surface area (Å²) in [6.07, 6.45) is -0.715. The molecule has 0 aromatic heterocycles. The molecule has 102 valence electrons. The molecule has 1 aromatic rings. The molecule has 0 saturated heterocycles. The van der Waals surface area contributed by atoms with Crippen LogP contribution in [-0.2, 0) is 33.6 Å². The molecular formula is C12H13NO6. The number of hydrogen-bond acceptors (Lipinski definition) is 4. The summed E-state index contributed by atoms with van der Waals surface area (Å²) in [5.41, 5.74) is 2.71. The number of nitrogens with one attached hydrogen (secondary N) is 1. The van der Waals surface area contributed by atoms with Gasteiger partial charge in [-0.2, -0.15) is 0 Å². The molecule has 19 heavy (non-hydrogen) atoms. The van der Waals surface area contributed by atoms with Crippen molar-refractivity contribution in [3.05, 3.63) is 34.9 Å². The number of carboxylic acid groups (broad SMARTS) is 2. The maximum absolute atomic E-state index is 11.1. The molecular weight excluding hydrogens is 254 g/mol. The van der Waals surface area contributed by atoms with E-state index in [0.717, 1.165) is 0 Å². The van der Waals surface area contributed by atoms with Gasteiger partial charge in [0.2, 0.25) is 5.91 Å². The molecule has 0 aliphatic rings. The van der Waals surface area contributed by atoms with E-state index in [2.05, 4.69) is 0 Å². The Morgan fingerprint density at radius 2 is 1.58 bits per heavy atom. The molecule has 0 aliphatic carbocycles. The number of carboxylic acids is 2. The molecule has 7 heteroatoms. The quantitative estimate of drug-likeness (QED) is 0.424. The van der Waals surface area contributed by atoms with Gasteiger partial charge in [0.05, 0.1) is 19.3 Å². The van der Waals surface area contributed by atoms with Crippen LogP contribution in [0.2, 0.25) is 0 Å². The standard InChI is InChI=1S/C12H13NO6/c14-10(13-19)5-8-2-1-7(4-11(15)16)3-9(8)6-12(17)18/h1-3,19H,4-6H2,(H,13,14)(H,15,16)(H,17,18). The number of rotatable bonds is 6. The number of benzene rings is 1. The number of hydrogen-bond donors (Lipinski definition) is 4. The van der Waals surface area contributed by atoms with Crippen molar-refractivity contribution in [3.63, 3.8) is 0 Å². The number of carbonyl (C=O) groups excluding carboxylic acids is 1. The van der Waals surface area contributed by atoms with Crippen molar-refractivity contribution >= 4 is 17.8 Å². The lowest BCUT2D eigenvalue weighted by Gasteiger charge is -2.09. The first-order valence-corrected chi connectivity index (χ1v) is 5.39. The predicted molar refractivity (Wildman–Crippen MR) is 62.8 cm³/mol. The lowest BCUT2D eigenvalue weighted by atomic mass is 9.97. The Balaban J connectivity index is 3.04. The van der Waals surface area contributed by atoms with Gasteiger partial charge in [0.1, 0.15) is 0 Å². The van der Waals surface area contributed by atoms with Crippen LogP contribution in [0.5, 0.6) is 0 Å². The van der Waals surface area contributed by atoms with Crippen LogP contribution in [0.1, 0.15) is 16.7 Å². The van der Waals surface area contributed by atoms with Crippen LogP contribution in [0, 0.1) is 0 Å². The van der Waals surface area contributed by atoms with Gasteiger partial charge >= 0.3 is 11.9 Å². The third kappa shape index (κ3) is 4.76. The van der Waals surface area contributed by atoms with Gasteiger partial charge in [-0.15, -0.1) is 0 Å². The van der Waals surface area contributed by atoms with Crippen LogP contribution in [0.25, 0.3) is 0 Å². The van der Waals surface area contributed by atoms with Gasteiger partial charge in [0, 0.05) is 0 Å². The summed E-state index contributed by atoms with van der Waals surface area (Å²) in [6.45, 7) is 0. The molecule has 0 atom stereocenters. The van der Waals surface area contributed by atoms with E-state index in [4.69, 9.17) is 15.4 Å². The highest BCUT2D eigenvalue weighted by atomic mass is 16.5. The number of hydroxylamine groups is 1. The van der Waals surface area contributed by atoms with E-state index in [0.29, 0.717) is 16.7 Å². The van der Waals surface area contributed by atoms with E-state index >= 15 is 0 Å². The van der Waals surface area contributed by atoms with Crippen molar-refractivity contribution in [3.8, 4) is 0 Å². The average molecular weight is 267 g/mol. The molecule has 7 nitrogen and oxygen atoms in total. The fourth-order valence-corrected chi connectivity index (χ4v) is 1.68. The smallest absolute Gasteiger partial charge is 0.307 e. The molecule has 1 aromatic carbocycles. The Labute approximate surface area is 108 Å². The van der Waals surface area contributed by atoms with Gasteiger partial charge in [0.25, 0.3) is 0 Å². The van der Waals surface area contributed by atoms with Crippen LogP contribution in [0.15, 0.2) is 18.2 Å². The maximum atomic E-state index is 11.1. The second kappa shape index (κ2) is 6.50. The van der Waals surface area contributed by atoms with Crippen molar-refractivity contribution < 1.29 is 29.8 Å². The Hall–Kier alpha value is -2.41. The molecule has 4 N–H and O–H groups in total. The Morgan fingerprint density at radius 1 is 0.947 bits per heavy atom. The van der Waals surface area contributed by atoms with Crippen LogP contribution in [0.3, 0.4) is 0 Å². The highest BCUT2D eigenvalue weighted by Gasteiger charge is 2.12. The Bertz CT molecular complexity index is 511. The zero-order chi connectivity index (χ0) is 14.4. The van der Waals surface area contributed by atoms with E-state index in [1.54, 1.807) is 0 Å². The Kier molecular flexibility index (Phi) is 5.01. The molecule has 0 aliphatic heterocycles. The van der Waals surface area contributed by atoms with E-state index in [1.807, 2.05) is 0 Å². The first kappa shape index (κ1) is 14.7. The minimum absolute atomic E-state index is 0.174. The summed E-state index contributed by atoms with van der Waals surface area (Å²) >= 11 is 0.